The van der Waals surface area contributed by atoms with Gasteiger partial charge in [-0.3, -0.25) is 4.90 Å². The summed E-state index contributed by atoms with van der Waals surface area (Å²) in [6, 6.07) is 0.535. The molecule has 0 aromatic rings. The lowest BCUT2D eigenvalue weighted by Crippen LogP contribution is -2.45. The van der Waals surface area contributed by atoms with Crippen LogP contribution in [-0.2, 0) is 4.74 Å². The summed E-state index contributed by atoms with van der Waals surface area (Å²) >= 11 is 0. The molecule has 2 unspecified atom stereocenters. The maximum Gasteiger partial charge on any atom is 0.0639 e. The van der Waals surface area contributed by atoms with Crippen molar-refractivity contribution in [2.24, 2.45) is 0 Å². The Labute approximate surface area is 80.7 Å². The molecule has 1 rings (SSSR count). The predicted octanol–water partition coefficient (Wildman–Crippen LogP) is 0.866. The molecular weight excluding hydrogens is 166 g/mol. The van der Waals surface area contributed by atoms with E-state index in [1.54, 1.807) is 7.11 Å². The summed E-state index contributed by atoms with van der Waals surface area (Å²) in [5.41, 5.74) is 0. The maximum atomic E-state index is 9.27. The van der Waals surface area contributed by atoms with Crippen molar-refractivity contribution in [2.75, 3.05) is 20.2 Å². The molecule has 0 aliphatic carbocycles. The van der Waals surface area contributed by atoms with Gasteiger partial charge in [0, 0.05) is 26.2 Å². The Morgan fingerprint density at radius 1 is 1.62 bits per heavy atom. The molecule has 0 spiro atoms. The van der Waals surface area contributed by atoms with Crippen LogP contribution in [0, 0.1) is 0 Å². The smallest absolute Gasteiger partial charge is 0.0639 e. The van der Waals surface area contributed by atoms with E-state index in [-0.39, 0.29) is 6.10 Å². The van der Waals surface area contributed by atoms with Crippen LogP contribution in [-0.4, -0.2) is 48.5 Å². The fraction of sp³-hybridized carbons (Fsp3) is 1.00. The number of hydrogen-bond donors (Lipinski definition) is 1. The molecule has 0 radical (unpaired) electrons. The van der Waals surface area contributed by atoms with Gasteiger partial charge in [-0.15, -0.1) is 0 Å². The molecule has 1 N–H and O–H groups in total. The van der Waals surface area contributed by atoms with E-state index in [1.165, 1.54) is 0 Å². The van der Waals surface area contributed by atoms with E-state index in [9.17, 15) is 5.11 Å². The molecular formula is C10H21NO2. The summed E-state index contributed by atoms with van der Waals surface area (Å²) in [6.45, 7) is 5.88. The van der Waals surface area contributed by atoms with E-state index in [1.807, 2.05) is 6.92 Å². The van der Waals surface area contributed by atoms with Crippen LogP contribution in [0.2, 0.25) is 0 Å². The Kier molecular flexibility index (Phi) is 4.16. The zero-order valence-electron chi connectivity index (χ0n) is 8.86. The monoisotopic (exact) mass is 187 g/mol. The predicted molar refractivity (Wildman–Crippen MR) is 52.7 cm³/mol. The lowest BCUT2D eigenvalue weighted by Gasteiger charge is -2.37. The molecule has 3 atom stereocenters. The molecule has 1 heterocycles. The summed E-state index contributed by atoms with van der Waals surface area (Å²) in [4.78, 5) is 2.33. The summed E-state index contributed by atoms with van der Waals surface area (Å²) in [6.07, 6.45) is 2.37. The lowest BCUT2D eigenvalue weighted by atomic mass is 10.0. The first-order valence-corrected chi connectivity index (χ1v) is 5.08. The molecule has 0 bridgehead atoms. The minimum absolute atomic E-state index is 0.221. The average Bonchev–Trinajstić information content (AvgIpc) is 2.08. The van der Waals surface area contributed by atoms with Gasteiger partial charge >= 0.3 is 0 Å². The highest BCUT2D eigenvalue weighted by atomic mass is 16.5. The molecule has 0 aromatic carbocycles. The Balaban J connectivity index is 2.35. The molecule has 3 heteroatoms. The summed E-state index contributed by atoms with van der Waals surface area (Å²) < 4.78 is 5.33. The second kappa shape index (κ2) is 4.94. The van der Waals surface area contributed by atoms with Crippen molar-refractivity contribution in [3.05, 3.63) is 0 Å². The van der Waals surface area contributed by atoms with Gasteiger partial charge < -0.3 is 9.84 Å². The molecule has 1 fully saturated rings. The minimum atomic E-state index is -0.221. The van der Waals surface area contributed by atoms with Gasteiger partial charge in [0.25, 0.3) is 0 Å². The van der Waals surface area contributed by atoms with Gasteiger partial charge in [-0.25, -0.2) is 0 Å². The number of hydrogen-bond acceptors (Lipinski definition) is 3. The molecule has 78 valence electrons. The van der Waals surface area contributed by atoms with Crippen molar-refractivity contribution in [3.63, 3.8) is 0 Å². The summed E-state index contributed by atoms with van der Waals surface area (Å²) in [5.74, 6) is 0. The van der Waals surface area contributed by atoms with Gasteiger partial charge in [-0.05, 0) is 26.7 Å². The Morgan fingerprint density at radius 2 is 2.31 bits per heavy atom. The first-order chi connectivity index (χ1) is 6.13. The van der Waals surface area contributed by atoms with E-state index >= 15 is 0 Å². The number of nitrogens with zero attached hydrogens (tertiary/aromatic N) is 1. The molecule has 0 aromatic heterocycles. The number of ether oxygens (including phenoxy) is 1. The van der Waals surface area contributed by atoms with Gasteiger partial charge in [0.05, 0.1) is 12.2 Å². The Bertz CT molecular complexity index is 150. The van der Waals surface area contributed by atoms with Crippen LogP contribution in [0.3, 0.4) is 0 Å². The number of aliphatic hydroxyl groups is 1. The molecule has 13 heavy (non-hydrogen) atoms. The zero-order chi connectivity index (χ0) is 9.84. The molecule has 3 nitrogen and oxygen atoms in total. The van der Waals surface area contributed by atoms with Crippen LogP contribution >= 0.6 is 0 Å². The van der Waals surface area contributed by atoms with E-state index in [0.717, 1.165) is 25.9 Å². The topological polar surface area (TPSA) is 32.7 Å². The van der Waals surface area contributed by atoms with Crippen LogP contribution in [0.25, 0.3) is 0 Å². The maximum absolute atomic E-state index is 9.27. The third kappa shape index (κ3) is 3.25. The quantitative estimate of drug-likeness (QED) is 0.711. The minimum Gasteiger partial charge on any atom is -0.392 e. The molecule has 1 saturated heterocycles. The van der Waals surface area contributed by atoms with Crippen molar-refractivity contribution in [3.8, 4) is 0 Å². The molecule has 1 aliphatic rings. The molecule has 1 aliphatic heterocycles. The number of aliphatic hydroxyl groups excluding tert-OH is 1. The second-order valence-corrected chi connectivity index (χ2v) is 4.08. The van der Waals surface area contributed by atoms with Gasteiger partial charge in [0.1, 0.15) is 0 Å². The number of methoxy groups -OCH3 is 1. The van der Waals surface area contributed by atoms with Gasteiger partial charge in [-0.1, -0.05) is 0 Å². The fourth-order valence-electron chi connectivity index (χ4n) is 2.00. The van der Waals surface area contributed by atoms with Crippen molar-refractivity contribution >= 4 is 0 Å². The normalized spacial score (nSPS) is 33.2. The first kappa shape index (κ1) is 11.0. The lowest BCUT2D eigenvalue weighted by molar-refractivity contribution is 0.00109. The van der Waals surface area contributed by atoms with Crippen molar-refractivity contribution in [1.29, 1.82) is 0 Å². The zero-order valence-corrected chi connectivity index (χ0v) is 8.86. The Morgan fingerprint density at radius 3 is 2.77 bits per heavy atom. The number of likely N-dealkylation sites (tertiary alicyclic amines) is 1. The fourth-order valence-corrected chi connectivity index (χ4v) is 2.00. The van der Waals surface area contributed by atoms with Crippen LogP contribution in [0.15, 0.2) is 0 Å². The number of piperidine rings is 1. The molecule has 0 saturated carbocycles. The SMILES string of the molecule is COC1CCN(C[C@@H](C)O)C(C)C1. The van der Waals surface area contributed by atoms with Crippen LogP contribution < -0.4 is 0 Å². The third-order valence-corrected chi connectivity index (χ3v) is 2.80. The first-order valence-electron chi connectivity index (χ1n) is 5.08. The standard InChI is InChI=1S/C10H21NO2/c1-8-6-10(13-3)4-5-11(8)7-9(2)12/h8-10,12H,4-7H2,1-3H3/t8?,9-,10?/m1/s1. The van der Waals surface area contributed by atoms with Crippen molar-refractivity contribution < 1.29 is 9.84 Å². The van der Waals surface area contributed by atoms with Gasteiger partial charge in [0.15, 0.2) is 0 Å². The third-order valence-electron chi connectivity index (χ3n) is 2.80. The van der Waals surface area contributed by atoms with E-state index in [0.29, 0.717) is 12.1 Å². The van der Waals surface area contributed by atoms with E-state index < -0.39 is 0 Å². The largest absolute Gasteiger partial charge is 0.392 e. The van der Waals surface area contributed by atoms with Crippen molar-refractivity contribution in [2.45, 2.75) is 44.9 Å². The van der Waals surface area contributed by atoms with Crippen LogP contribution in [0.4, 0.5) is 0 Å². The number of rotatable bonds is 3. The average molecular weight is 187 g/mol. The van der Waals surface area contributed by atoms with E-state index in [2.05, 4.69) is 11.8 Å². The van der Waals surface area contributed by atoms with E-state index in [4.69, 9.17) is 4.74 Å². The highest BCUT2D eigenvalue weighted by molar-refractivity contribution is 4.79. The molecule has 0 amide bonds. The van der Waals surface area contributed by atoms with Crippen LogP contribution in [0.5, 0.6) is 0 Å². The van der Waals surface area contributed by atoms with Gasteiger partial charge in [-0.2, -0.15) is 0 Å². The van der Waals surface area contributed by atoms with Crippen molar-refractivity contribution in [1.82, 2.24) is 4.90 Å². The summed E-state index contributed by atoms with van der Waals surface area (Å²) in [5, 5.41) is 9.27. The van der Waals surface area contributed by atoms with Crippen LogP contribution in [0.1, 0.15) is 26.7 Å². The highest BCUT2D eigenvalue weighted by Crippen LogP contribution is 2.19. The Hall–Kier alpha value is -0.120. The second-order valence-electron chi connectivity index (χ2n) is 4.08. The van der Waals surface area contributed by atoms with Gasteiger partial charge in [0.2, 0.25) is 0 Å². The number of β-amino-alcohol motifs (C(OH)–C–C–N with tert-alkyl or cyclic N) is 1. The summed E-state index contributed by atoms with van der Waals surface area (Å²) in [7, 11) is 1.78. The highest BCUT2D eigenvalue weighted by Gasteiger charge is 2.25.